The first-order valence-electron chi connectivity index (χ1n) is 5.52. The van der Waals surface area contributed by atoms with Gasteiger partial charge in [0.15, 0.2) is 0 Å². The molecule has 0 aliphatic rings. The summed E-state index contributed by atoms with van der Waals surface area (Å²) in [5.74, 6) is 0. The van der Waals surface area contributed by atoms with Crippen molar-refractivity contribution in [2.24, 2.45) is 0 Å². The minimum Gasteiger partial charge on any atom is -0.395 e. The fourth-order valence-electron chi connectivity index (χ4n) is 1.97. The summed E-state index contributed by atoms with van der Waals surface area (Å²) in [5, 5.41) is 13.3. The van der Waals surface area contributed by atoms with Gasteiger partial charge in [-0.05, 0) is 49.6 Å². The smallest absolute Gasteiger partial charge is 0.0558 e. The molecule has 0 bridgehead atoms. The van der Waals surface area contributed by atoms with Crippen molar-refractivity contribution >= 4 is 11.3 Å². The fraction of sp³-hybridized carbons (Fsp3) is 0.667. The lowest BCUT2D eigenvalue weighted by Gasteiger charge is -2.32. The minimum atomic E-state index is 0.242. The van der Waals surface area contributed by atoms with Gasteiger partial charge in [-0.3, -0.25) is 4.90 Å². The second kappa shape index (κ2) is 6.26. The molecule has 1 N–H and O–H groups in total. The first kappa shape index (κ1) is 12.7. The van der Waals surface area contributed by atoms with E-state index in [1.165, 1.54) is 5.56 Å². The molecule has 86 valence electrons. The number of nitrogens with zero attached hydrogens (tertiary/aromatic N) is 1. The Balaban J connectivity index is 2.52. The third kappa shape index (κ3) is 3.93. The molecule has 0 spiro atoms. The summed E-state index contributed by atoms with van der Waals surface area (Å²) in [6, 6.07) is 3.16. The van der Waals surface area contributed by atoms with E-state index in [2.05, 4.69) is 42.5 Å². The molecule has 0 saturated heterocycles. The average Bonchev–Trinajstić information content (AvgIpc) is 2.65. The number of aliphatic hydroxyl groups is 1. The van der Waals surface area contributed by atoms with Crippen molar-refractivity contribution in [3.8, 4) is 0 Å². The Morgan fingerprint density at radius 1 is 1.40 bits per heavy atom. The lowest BCUT2D eigenvalue weighted by molar-refractivity contribution is 0.125. The van der Waals surface area contributed by atoms with Gasteiger partial charge in [0.25, 0.3) is 0 Å². The highest BCUT2D eigenvalue weighted by molar-refractivity contribution is 7.07. The van der Waals surface area contributed by atoms with Crippen LogP contribution in [0.3, 0.4) is 0 Å². The molecule has 0 amide bonds. The molecule has 15 heavy (non-hydrogen) atoms. The average molecular weight is 227 g/mol. The zero-order chi connectivity index (χ0) is 11.3. The van der Waals surface area contributed by atoms with Crippen molar-refractivity contribution in [1.82, 2.24) is 4.90 Å². The van der Waals surface area contributed by atoms with Crippen LogP contribution in [-0.2, 0) is 6.42 Å². The Bertz CT molecular complexity index is 259. The Morgan fingerprint density at radius 2 is 2.13 bits per heavy atom. The van der Waals surface area contributed by atoms with Crippen molar-refractivity contribution < 1.29 is 5.11 Å². The van der Waals surface area contributed by atoms with E-state index in [9.17, 15) is 0 Å². The summed E-state index contributed by atoms with van der Waals surface area (Å²) >= 11 is 1.75. The molecule has 0 fully saturated rings. The maximum Gasteiger partial charge on any atom is 0.0558 e. The van der Waals surface area contributed by atoms with Crippen molar-refractivity contribution in [1.29, 1.82) is 0 Å². The molecule has 0 saturated carbocycles. The molecule has 2 nitrogen and oxygen atoms in total. The Labute approximate surface area is 96.5 Å². The summed E-state index contributed by atoms with van der Waals surface area (Å²) in [6.07, 6.45) is 1.07. The number of hydrogen-bond acceptors (Lipinski definition) is 3. The van der Waals surface area contributed by atoms with E-state index >= 15 is 0 Å². The number of rotatable bonds is 6. The largest absolute Gasteiger partial charge is 0.395 e. The van der Waals surface area contributed by atoms with Crippen LogP contribution in [0.25, 0.3) is 0 Å². The van der Waals surface area contributed by atoms with Crippen molar-refractivity contribution in [3.63, 3.8) is 0 Å². The molecule has 0 radical (unpaired) electrons. The zero-order valence-electron chi connectivity index (χ0n) is 9.81. The van der Waals surface area contributed by atoms with Gasteiger partial charge in [0.05, 0.1) is 6.61 Å². The van der Waals surface area contributed by atoms with E-state index in [0.717, 1.165) is 13.0 Å². The summed E-state index contributed by atoms with van der Waals surface area (Å²) in [4.78, 5) is 2.34. The van der Waals surface area contributed by atoms with E-state index < -0.39 is 0 Å². The van der Waals surface area contributed by atoms with Gasteiger partial charge >= 0.3 is 0 Å². The predicted molar refractivity (Wildman–Crippen MR) is 66.4 cm³/mol. The lowest BCUT2D eigenvalue weighted by atomic mass is 10.1. The van der Waals surface area contributed by atoms with Crippen LogP contribution in [0.1, 0.15) is 26.3 Å². The first-order valence-corrected chi connectivity index (χ1v) is 6.47. The quantitative estimate of drug-likeness (QED) is 0.806. The van der Waals surface area contributed by atoms with Gasteiger partial charge in [-0.1, -0.05) is 0 Å². The van der Waals surface area contributed by atoms with Gasteiger partial charge in [0.2, 0.25) is 0 Å². The SMILES string of the molecule is CC(C)N(CCO)C(C)Cc1ccsc1. The minimum absolute atomic E-state index is 0.242. The highest BCUT2D eigenvalue weighted by Gasteiger charge is 2.16. The van der Waals surface area contributed by atoms with Gasteiger partial charge in [0.1, 0.15) is 0 Å². The van der Waals surface area contributed by atoms with Gasteiger partial charge < -0.3 is 5.11 Å². The summed E-state index contributed by atoms with van der Waals surface area (Å²) in [5.41, 5.74) is 1.40. The summed E-state index contributed by atoms with van der Waals surface area (Å²) < 4.78 is 0. The monoisotopic (exact) mass is 227 g/mol. The second-order valence-electron chi connectivity index (χ2n) is 4.24. The van der Waals surface area contributed by atoms with E-state index in [4.69, 9.17) is 5.11 Å². The molecule has 1 atom stereocenters. The lowest BCUT2D eigenvalue weighted by Crippen LogP contribution is -2.41. The fourth-order valence-corrected chi connectivity index (χ4v) is 2.65. The topological polar surface area (TPSA) is 23.5 Å². The third-order valence-corrected chi connectivity index (χ3v) is 3.43. The van der Waals surface area contributed by atoms with Crippen LogP contribution in [0.4, 0.5) is 0 Å². The molecule has 0 aromatic carbocycles. The zero-order valence-corrected chi connectivity index (χ0v) is 10.6. The van der Waals surface area contributed by atoms with Gasteiger partial charge in [-0.15, -0.1) is 0 Å². The van der Waals surface area contributed by atoms with Gasteiger partial charge in [-0.25, -0.2) is 0 Å². The van der Waals surface area contributed by atoms with Crippen LogP contribution in [0.2, 0.25) is 0 Å². The van der Waals surface area contributed by atoms with Gasteiger partial charge in [-0.2, -0.15) is 11.3 Å². The van der Waals surface area contributed by atoms with E-state index in [1.54, 1.807) is 11.3 Å². The Kier molecular flexibility index (Phi) is 5.29. The molecular weight excluding hydrogens is 206 g/mol. The standard InChI is InChI=1S/C12H21NOS/c1-10(2)13(5-6-14)11(3)8-12-4-7-15-9-12/h4,7,9-11,14H,5-6,8H2,1-3H3. The molecule has 1 heterocycles. The second-order valence-corrected chi connectivity index (χ2v) is 5.02. The van der Waals surface area contributed by atoms with E-state index in [0.29, 0.717) is 12.1 Å². The Morgan fingerprint density at radius 3 is 2.60 bits per heavy atom. The first-order chi connectivity index (χ1) is 7.15. The number of aliphatic hydroxyl groups excluding tert-OH is 1. The molecule has 0 aliphatic carbocycles. The molecule has 3 heteroatoms. The van der Waals surface area contributed by atoms with Crippen LogP contribution in [-0.4, -0.2) is 35.2 Å². The van der Waals surface area contributed by atoms with Crippen molar-refractivity contribution in [2.75, 3.05) is 13.2 Å². The summed E-state index contributed by atoms with van der Waals surface area (Å²) in [6.45, 7) is 7.60. The molecule has 0 aliphatic heterocycles. The van der Waals surface area contributed by atoms with Crippen LogP contribution in [0.5, 0.6) is 0 Å². The molecule has 1 rings (SSSR count). The third-order valence-electron chi connectivity index (χ3n) is 2.70. The van der Waals surface area contributed by atoms with Crippen LogP contribution < -0.4 is 0 Å². The predicted octanol–water partition coefficient (Wildman–Crippen LogP) is 2.38. The normalized spacial score (nSPS) is 13.7. The van der Waals surface area contributed by atoms with Crippen LogP contribution in [0.15, 0.2) is 16.8 Å². The molecular formula is C12H21NOS. The highest BCUT2D eigenvalue weighted by atomic mass is 32.1. The van der Waals surface area contributed by atoms with Crippen LogP contribution >= 0.6 is 11.3 Å². The van der Waals surface area contributed by atoms with Crippen molar-refractivity contribution in [2.45, 2.75) is 39.3 Å². The maximum absolute atomic E-state index is 9.02. The highest BCUT2D eigenvalue weighted by Crippen LogP contribution is 2.13. The molecule has 1 aromatic rings. The maximum atomic E-state index is 9.02. The summed E-state index contributed by atoms with van der Waals surface area (Å²) in [7, 11) is 0. The molecule has 1 aromatic heterocycles. The van der Waals surface area contributed by atoms with E-state index in [-0.39, 0.29) is 6.61 Å². The number of hydrogen-bond donors (Lipinski definition) is 1. The van der Waals surface area contributed by atoms with E-state index in [1.807, 2.05) is 0 Å². The van der Waals surface area contributed by atoms with Crippen molar-refractivity contribution in [3.05, 3.63) is 22.4 Å². The van der Waals surface area contributed by atoms with Crippen LogP contribution in [0, 0.1) is 0 Å². The van der Waals surface area contributed by atoms with Gasteiger partial charge in [0, 0.05) is 18.6 Å². The Hall–Kier alpha value is -0.380. The molecule has 1 unspecified atom stereocenters. The number of thiophene rings is 1.